The van der Waals surface area contributed by atoms with E-state index in [1.54, 1.807) is 24.3 Å². The highest BCUT2D eigenvalue weighted by molar-refractivity contribution is 9.10. The van der Waals surface area contributed by atoms with Crippen LogP contribution in [0.3, 0.4) is 0 Å². The van der Waals surface area contributed by atoms with Crippen molar-refractivity contribution >= 4 is 31.6 Å². The van der Waals surface area contributed by atoms with Gasteiger partial charge in [0.2, 0.25) is 10.0 Å². The largest absolute Gasteiger partial charge is 0.492 e. The Hall–Kier alpha value is -0.790. The summed E-state index contributed by atoms with van der Waals surface area (Å²) in [7, 11) is 0.604. The second kappa shape index (κ2) is 6.96. The third kappa shape index (κ3) is 5.70. The zero-order chi connectivity index (χ0) is 13.6. The van der Waals surface area contributed by atoms with Gasteiger partial charge in [0.25, 0.3) is 0 Å². The first-order valence-electron chi connectivity index (χ1n) is 5.37. The first-order valence-corrected chi connectivity index (χ1v) is 8.14. The van der Waals surface area contributed by atoms with Crippen LogP contribution < -0.4 is 9.46 Å². The molecule has 0 radical (unpaired) electrons. The van der Waals surface area contributed by atoms with Gasteiger partial charge in [-0.3, -0.25) is 4.72 Å². The SMILES string of the molecule is CN(C)CCOc1cccc(NS(=O)(=O)CBr)c1. The topological polar surface area (TPSA) is 58.6 Å². The second-order valence-corrected chi connectivity index (χ2v) is 7.03. The molecule has 18 heavy (non-hydrogen) atoms. The average molecular weight is 337 g/mol. The van der Waals surface area contributed by atoms with Crippen molar-refractivity contribution in [1.82, 2.24) is 4.90 Å². The lowest BCUT2D eigenvalue weighted by atomic mass is 10.3. The fourth-order valence-corrected chi connectivity index (χ4v) is 2.09. The second-order valence-electron chi connectivity index (χ2n) is 4.01. The molecule has 0 amide bonds. The lowest BCUT2D eigenvalue weighted by molar-refractivity contribution is 0.261. The smallest absolute Gasteiger partial charge is 0.242 e. The number of nitrogens with zero attached hydrogens (tertiary/aromatic N) is 1. The summed E-state index contributed by atoms with van der Waals surface area (Å²) < 4.78 is 30.6. The molecule has 0 saturated heterocycles. The Morgan fingerprint density at radius 3 is 2.72 bits per heavy atom. The molecule has 0 aliphatic carbocycles. The van der Waals surface area contributed by atoms with Crippen LogP contribution in [0.25, 0.3) is 0 Å². The molecule has 1 rings (SSSR count). The highest BCUT2D eigenvalue weighted by Gasteiger charge is 2.08. The zero-order valence-electron chi connectivity index (χ0n) is 10.4. The lowest BCUT2D eigenvalue weighted by Crippen LogP contribution is -2.19. The van der Waals surface area contributed by atoms with E-state index < -0.39 is 10.0 Å². The maximum Gasteiger partial charge on any atom is 0.242 e. The fourth-order valence-electron chi connectivity index (χ4n) is 1.20. The van der Waals surface area contributed by atoms with E-state index in [0.29, 0.717) is 18.0 Å². The summed E-state index contributed by atoms with van der Waals surface area (Å²) in [5.41, 5.74) is 0.497. The summed E-state index contributed by atoms with van der Waals surface area (Å²) in [6.07, 6.45) is 0. The molecule has 0 heterocycles. The number of benzene rings is 1. The van der Waals surface area contributed by atoms with E-state index in [9.17, 15) is 8.42 Å². The monoisotopic (exact) mass is 336 g/mol. The molecule has 0 fully saturated rings. The molecule has 0 atom stereocenters. The zero-order valence-corrected chi connectivity index (χ0v) is 12.8. The molecule has 1 aromatic carbocycles. The minimum Gasteiger partial charge on any atom is -0.492 e. The molecule has 0 saturated carbocycles. The summed E-state index contributed by atoms with van der Waals surface area (Å²) in [4.78, 5) is 2.01. The number of anilines is 1. The number of likely N-dealkylation sites (N-methyl/N-ethyl adjacent to an activating group) is 1. The molecule has 0 bridgehead atoms. The van der Waals surface area contributed by atoms with Gasteiger partial charge in [0.1, 0.15) is 17.0 Å². The summed E-state index contributed by atoms with van der Waals surface area (Å²) in [6, 6.07) is 6.88. The molecule has 5 nitrogen and oxygen atoms in total. The number of sulfonamides is 1. The van der Waals surface area contributed by atoms with Crippen LogP contribution in [-0.4, -0.2) is 45.2 Å². The van der Waals surface area contributed by atoms with Gasteiger partial charge in [-0.2, -0.15) is 0 Å². The van der Waals surface area contributed by atoms with E-state index >= 15 is 0 Å². The average Bonchev–Trinajstić information content (AvgIpc) is 2.28. The molecule has 1 aromatic rings. The highest BCUT2D eigenvalue weighted by Crippen LogP contribution is 2.18. The summed E-state index contributed by atoms with van der Waals surface area (Å²) in [6.45, 7) is 1.36. The van der Waals surface area contributed by atoms with Crippen molar-refractivity contribution in [2.24, 2.45) is 0 Å². The fraction of sp³-hybridized carbons (Fsp3) is 0.455. The number of rotatable bonds is 7. The van der Waals surface area contributed by atoms with Crippen LogP contribution in [0.5, 0.6) is 5.75 Å². The molecule has 0 aliphatic rings. The normalized spacial score (nSPS) is 11.6. The third-order valence-corrected chi connectivity index (χ3v) is 4.70. The Labute approximate surface area is 116 Å². The number of halogens is 1. The maximum atomic E-state index is 11.4. The Balaban J connectivity index is 2.62. The van der Waals surface area contributed by atoms with Crippen molar-refractivity contribution in [3.63, 3.8) is 0 Å². The summed E-state index contributed by atoms with van der Waals surface area (Å²) in [5, 5.41) is 0. The van der Waals surface area contributed by atoms with Crippen LogP contribution in [0.15, 0.2) is 24.3 Å². The van der Waals surface area contributed by atoms with Gasteiger partial charge in [-0.15, -0.1) is 0 Å². The third-order valence-electron chi connectivity index (χ3n) is 2.06. The van der Waals surface area contributed by atoms with E-state index in [-0.39, 0.29) is 4.66 Å². The molecule has 0 unspecified atom stereocenters. The van der Waals surface area contributed by atoms with Crippen LogP contribution in [0, 0.1) is 0 Å². The molecule has 0 aromatic heterocycles. The van der Waals surface area contributed by atoms with Crippen molar-refractivity contribution in [3.8, 4) is 5.75 Å². The van der Waals surface area contributed by atoms with Crippen molar-refractivity contribution in [2.45, 2.75) is 0 Å². The van der Waals surface area contributed by atoms with Gasteiger partial charge in [0.05, 0.1) is 5.69 Å². The number of ether oxygens (including phenoxy) is 1. The minimum absolute atomic E-state index is 0.133. The predicted molar refractivity (Wildman–Crippen MR) is 76.8 cm³/mol. The van der Waals surface area contributed by atoms with Gasteiger partial charge in [-0.05, 0) is 26.2 Å². The van der Waals surface area contributed by atoms with E-state index in [2.05, 4.69) is 20.7 Å². The predicted octanol–water partition coefficient (Wildman–Crippen LogP) is 1.72. The van der Waals surface area contributed by atoms with Crippen molar-refractivity contribution < 1.29 is 13.2 Å². The number of nitrogens with one attached hydrogen (secondary N) is 1. The molecule has 7 heteroatoms. The molecular formula is C11H17BrN2O3S. The first kappa shape index (κ1) is 15.3. The van der Waals surface area contributed by atoms with Gasteiger partial charge >= 0.3 is 0 Å². The summed E-state index contributed by atoms with van der Waals surface area (Å²) in [5.74, 6) is 0.645. The van der Waals surface area contributed by atoms with Crippen molar-refractivity contribution in [2.75, 3.05) is 36.6 Å². The molecule has 0 spiro atoms. The van der Waals surface area contributed by atoms with E-state index in [0.717, 1.165) is 6.54 Å². The molecular weight excluding hydrogens is 320 g/mol. The van der Waals surface area contributed by atoms with Crippen LogP contribution in [0.4, 0.5) is 5.69 Å². The van der Waals surface area contributed by atoms with E-state index in [1.165, 1.54) is 0 Å². The van der Waals surface area contributed by atoms with Crippen LogP contribution in [0.1, 0.15) is 0 Å². The number of alkyl halides is 1. The van der Waals surface area contributed by atoms with E-state index in [4.69, 9.17) is 4.74 Å². The highest BCUT2D eigenvalue weighted by atomic mass is 79.9. The van der Waals surface area contributed by atoms with Gasteiger partial charge in [0.15, 0.2) is 0 Å². The van der Waals surface area contributed by atoms with Crippen molar-refractivity contribution in [1.29, 1.82) is 0 Å². The molecule has 0 aliphatic heterocycles. The Bertz CT molecular complexity index is 477. The Morgan fingerprint density at radius 1 is 1.39 bits per heavy atom. The Kier molecular flexibility index (Phi) is 5.90. The van der Waals surface area contributed by atoms with Crippen molar-refractivity contribution in [3.05, 3.63) is 24.3 Å². The number of hydrogen-bond acceptors (Lipinski definition) is 4. The standard InChI is InChI=1S/C11H17BrN2O3S/c1-14(2)6-7-17-11-5-3-4-10(8-11)13-18(15,16)9-12/h3-5,8,13H,6-7,9H2,1-2H3. The van der Waals surface area contributed by atoms with E-state index in [1.807, 2.05) is 19.0 Å². The van der Waals surface area contributed by atoms with Crippen LogP contribution in [-0.2, 0) is 10.0 Å². The minimum atomic E-state index is -3.32. The number of hydrogen-bond donors (Lipinski definition) is 1. The van der Waals surface area contributed by atoms with Gasteiger partial charge < -0.3 is 9.64 Å². The lowest BCUT2D eigenvalue weighted by Gasteiger charge is -2.12. The first-order chi connectivity index (χ1) is 8.43. The quantitative estimate of drug-likeness (QED) is 0.770. The Morgan fingerprint density at radius 2 is 2.11 bits per heavy atom. The molecule has 102 valence electrons. The summed E-state index contributed by atoms with van der Waals surface area (Å²) >= 11 is 2.92. The van der Waals surface area contributed by atoms with Crippen LogP contribution in [0.2, 0.25) is 0 Å². The van der Waals surface area contributed by atoms with Gasteiger partial charge in [0, 0.05) is 12.6 Å². The van der Waals surface area contributed by atoms with Crippen LogP contribution >= 0.6 is 15.9 Å². The molecule has 1 N–H and O–H groups in total. The van der Waals surface area contributed by atoms with Gasteiger partial charge in [-0.1, -0.05) is 22.0 Å². The maximum absolute atomic E-state index is 11.4. The van der Waals surface area contributed by atoms with Gasteiger partial charge in [-0.25, -0.2) is 8.42 Å².